The van der Waals surface area contributed by atoms with Gasteiger partial charge in [0.1, 0.15) is 16.9 Å². The van der Waals surface area contributed by atoms with E-state index in [2.05, 4.69) is 30.9 Å². The molecule has 0 radical (unpaired) electrons. The standard InChI is InChI=1S/C23H27N7O3S/c1-11-5-14(6-12(2)26-11)27-23-25-8-15(22-29-16-3-4-24-9-18(16)34-22)21(30-23)28-17-7-13(10-31)19(32)20(17)33/h3-6,9,13,17,19-20,28,31-33H,7-8,10H2,1-2H3,(H2,25,26,27,30)/t13-,17-,19-,20+/m1/s1. The minimum absolute atomic E-state index is 0.185. The molecule has 0 aromatic carbocycles. The first-order chi connectivity index (χ1) is 16.4. The van der Waals surface area contributed by atoms with E-state index in [1.807, 2.05) is 32.0 Å². The zero-order valence-electron chi connectivity index (χ0n) is 18.9. The van der Waals surface area contributed by atoms with Crippen LogP contribution in [0.4, 0.5) is 5.69 Å². The summed E-state index contributed by atoms with van der Waals surface area (Å²) >= 11 is 1.52. The number of rotatable bonds is 5. The van der Waals surface area contributed by atoms with Crippen molar-refractivity contribution in [1.29, 1.82) is 0 Å². The SMILES string of the molecule is Cc1cc(NC2=NCC(c3nc4ccncc4s3)=C(N[C@@H]3C[C@H](CO)[C@@H](O)[C@H]3O)N2)cc(C)n1. The normalized spacial score (nSPS) is 24.8. The number of hydrogen-bond acceptors (Lipinski definition) is 11. The highest BCUT2D eigenvalue weighted by molar-refractivity contribution is 7.19. The maximum atomic E-state index is 10.6. The third-order valence-electron chi connectivity index (χ3n) is 6.10. The lowest BCUT2D eigenvalue weighted by Crippen LogP contribution is -2.47. The summed E-state index contributed by atoms with van der Waals surface area (Å²) in [7, 11) is 0. The zero-order chi connectivity index (χ0) is 23.8. The number of guanidine groups is 1. The van der Waals surface area contributed by atoms with Crippen molar-refractivity contribution in [2.24, 2.45) is 10.9 Å². The minimum Gasteiger partial charge on any atom is -0.396 e. The van der Waals surface area contributed by atoms with Crippen LogP contribution in [0.25, 0.3) is 15.8 Å². The number of anilines is 1. The summed E-state index contributed by atoms with van der Waals surface area (Å²) in [5, 5.41) is 41.2. The summed E-state index contributed by atoms with van der Waals surface area (Å²) in [4.78, 5) is 18.0. The Balaban J connectivity index is 1.45. The van der Waals surface area contributed by atoms with Crippen LogP contribution in [0.3, 0.4) is 0 Å². The van der Waals surface area contributed by atoms with Gasteiger partial charge in [-0.15, -0.1) is 11.3 Å². The summed E-state index contributed by atoms with van der Waals surface area (Å²) in [6, 6.07) is 5.30. The van der Waals surface area contributed by atoms with Gasteiger partial charge in [-0.2, -0.15) is 0 Å². The van der Waals surface area contributed by atoms with Gasteiger partial charge >= 0.3 is 0 Å². The minimum atomic E-state index is -1.01. The Hall–Kier alpha value is -3.12. The Labute approximate surface area is 200 Å². The fourth-order valence-corrected chi connectivity index (χ4v) is 5.40. The quantitative estimate of drug-likeness (QED) is 0.315. The van der Waals surface area contributed by atoms with Gasteiger partial charge in [-0.25, -0.2) is 9.98 Å². The predicted molar refractivity (Wildman–Crippen MR) is 131 cm³/mol. The molecule has 4 heterocycles. The van der Waals surface area contributed by atoms with Crippen molar-refractivity contribution in [3.8, 4) is 0 Å². The van der Waals surface area contributed by atoms with Crippen LogP contribution in [-0.2, 0) is 0 Å². The molecule has 6 N–H and O–H groups in total. The molecule has 1 fully saturated rings. The number of nitrogens with one attached hydrogen (secondary N) is 3. The number of aromatic nitrogens is 3. The van der Waals surface area contributed by atoms with Crippen LogP contribution in [-0.4, -0.2) is 67.6 Å². The van der Waals surface area contributed by atoms with E-state index < -0.39 is 18.2 Å². The van der Waals surface area contributed by atoms with Crippen LogP contribution >= 0.6 is 11.3 Å². The van der Waals surface area contributed by atoms with Crippen LogP contribution in [0, 0.1) is 19.8 Å². The van der Waals surface area contributed by atoms with E-state index >= 15 is 0 Å². The van der Waals surface area contributed by atoms with E-state index in [1.54, 1.807) is 12.4 Å². The van der Waals surface area contributed by atoms with E-state index in [9.17, 15) is 15.3 Å². The molecule has 0 bridgehead atoms. The molecule has 0 spiro atoms. The third-order valence-corrected chi connectivity index (χ3v) is 7.17. The Bertz CT molecular complexity index is 1220. The zero-order valence-corrected chi connectivity index (χ0v) is 19.7. The van der Waals surface area contributed by atoms with E-state index in [4.69, 9.17) is 4.98 Å². The molecule has 10 nitrogen and oxygen atoms in total. The molecule has 3 aromatic rings. The number of fused-ring (bicyclic) bond motifs is 1. The van der Waals surface area contributed by atoms with Crippen molar-refractivity contribution >= 4 is 38.8 Å². The fourth-order valence-electron chi connectivity index (χ4n) is 4.43. The van der Waals surface area contributed by atoms with Gasteiger partial charge in [-0.3, -0.25) is 9.97 Å². The molecule has 0 amide bonds. The van der Waals surface area contributed by atoms with E-state index in [0.29, 0.717) is 24.7 Å². The number of thiazole rings is 1. The number of aryl methyl sites for hydroxylation is 2. The summed E-state index contributed by atoms with van der Waals surface area (Å²) in [5.41, 5.74) is 4.36. The molecule has 5 rings (SSSR count). The van der Waals surface area contributed by atoms with E-state index in [0.717, 1.165) is 37.9 Å². The smallest absolute Gasteiger partial charge is 0.201 e. The lowest BCUT2D eigenvalue weighted by atomic mass is 10.1. The summed E-state index contributed by atoms with van der Waals surface area (Å²) in [5.74, 6) is 0.815. The van der Waals surface area contributed by atoms with Crippen molar-refractivity contribution in [2.45, 2.75) is 38.5 Å². The van der Waals surface area contributed by atoms with Gasteiger partial charge in [0, 0.05) is 47.6 Å². The molecule has 2 aliphatic rings. The summed E-state index contributed by atoms with van der Waals surface area (Å²) in [6.07, 6.45) is 1.94. The third kappa shape index (κ3) is 4.47. The van der Waals surface area contributed by atoms with Crippen molar-refractivity contribution in [3.05, 3.63) is 52.8 Å². The van der Waals surface area contributed by atoms with Crippen LogP contribution in [0.2, 0.25) is 0 Å². The predicted octanol–water partition coefficient (Wildman–Crippen LogP) is 1.14. The van der Waals surface area contributed by atoms with Gasteiger partial charge < -0.3 is 31.3 Å². The second-order valence-corrected chi connectivity index (χ2v) is 9.71. The summed E-state index contributed by atoms with van der Waals surface area (Å²) < 4.78 is 0.969. The number of aliphatic hydroxyl groups is 3. The first-order valence-corrected chi connectivity index (χ1v) is 11.9. The first-order valence-electron chi connectivity index (χ1n) is 11.1. The highest BCUT2D eigenvalue weighted by Crippen LogP contribution is 2.31. The van der Waals surface area contributed by atoms with Crippen LogP contribution in [0.5, 0.6) is 0 Å². The molecule has 0 unspecified atom stereocenters. The number of aliphatic imine (C=N–C) groups is 1. The highest BCUT2D eigenvalue weighted by atomic mass is 32.1. The number of hydrogen-bond donors (Lipinski definition) is 6. The molecule has 178 valence electrons. The fraction of sp³-hybridized carbons (Fsp3) is 0.391. The monoisotopic (exact) mass is 481 g/mol. The molecule has 34 heavy (non-hydrogen) atoms. The molecule has 1 saturated carbocycles. The second-order valence-electron chi connectivity index (χ2n) is 8.68. The van der Waals surface area contributed by atoms with E-state index in [1.165, 1.54) is 11.3 Å². The van der Waals surface area contributed by atoms with Gasteiger partial charge in [0.2, 0.25) is 5.96 Å². The molecule has 4 atom stereocenters. The molecule has 1 aliphatic carbocycles. The maximum Gasteiger partial charge on any atom is 0.201 e. The van der Waals surface area contributed by atoms with Crippen molar-refractivity contribution in [1.82, 2.24) is 25.6 Å². The Morgan fingerprint density at radius 2 is 1.94 bits per heavy atom. The average molecular weight is 482 g/mol. The van der Waals surface area contributed by atoms with E-state index in [-0.39, 0.29) is 12.5 Å². The highest BCUT2D eigenvalue weighted by Gasteiger charge is 2.41. The number of pyridine rings is 2. The Morgan fingerprint density at radius 3 is 2.65 bits per heavy atom. The molecule has 1 aliphatic heterocycles. The second kappa shape index (κ2) is 9.26. The van der Waals surface area contributed by atoms with Crippen molar-refractivity contribution in [2.75, 3.05) is 18.5 Å². The van der Waals surface area contributed by atoms with Gasteiger partial charge in [0.25, 0.3) is 0 Å². The van der Waals surface area contributed by atoms with Crippen molar-refractivity contribution < 1.29 is 15.3 Å². The van der Waals surface area contributed by atoms with Crippen LogP contribution in [0.1, 0.15) is 22.8 Å². The van der Waals surface area contributed by atoms with Crippen LogP contribution < -0.4 is 16.0 Å². The average Bonchev–Trinajstić information content (AvgIpc) is 3.35. The topological polar surface area (TPSA) is 148 Å². The van der Waals surface area contributed by atoms with Crippen LogP contribution in [0.15, 0.2) is 41.4 Å². The molecule has 0 saturated heterocycles. The largest absolute Gasteiger partial charge is 0.396 e. The molecule has 3 aromatic heterocycles. The summed E-state index contributed by atoms with van der Waals surface area (Å²) in [6.45, 7) is 4.05. The lowest BCUT2D eigenvalue weighted by Gasteiger charge is -2.27. The van der Waals surface area contributed by atoms with Gasteiger partial charge in [-0.05, 0) is 38.5 Å². The van der Waals surface area contributed by atoms with Gasteiger partial charge in [0.15, 0.2) is 0 Å². The number of nitrogens with zero attached hydrogens (tertiary/aromatic N) is 4. The maximum absolute atomic E-state index is 10.6. The lowest BCUT2D eigenvalue weighted by molar-refractivity contribution is 0.000577. The number of aliphatic hydroxyl groups excluding tert-OH is 3. The molecular formula is C23H27N7O3S. The Kier molecular flexibility index (Phi) is 6.17. The van der Waals surface area contributed by atoms with Crippen molar-refractivity contribution in [3.63, 3.8) is 0 Å². The Morgan fingerprint density at radius 1 is 1.15 bits per heavy atom. The van der Waals surface area contributed by atoms with Gasteiger partial charge in [0.05, 0.1) is 28.9 Å². The molecule has 11 heteroatoms. The van der Waals surface area contributed by atoms with Gasteiger partial charge in [-0.1, -0.05) is 0 Å². The first kappa shape index (κ1) is 22.7. The molecular weight excluding hydrogens is 454 g/mol.